The van der Waals surface area contributed by atoms with E-state index < -0.39 is 0 Å². The standard InChI is InChI=1S/C14H28N2S/c15-16-13(10-12-6-2-1-3-7-12)11-17-14-8-4-5-9-14/h12-14,16H,1-11,15H2. The summed E-state index contributed by atoms with van der Waals surface area (Å²) >= 11 is 2.16. The van der Waals surface area contributed by atoms with Gasteiger partial charge >= 0.3 is 0 Å². The van der Waals surface area contributed by atoms with Crippen LogP contribution in [0.15, 0.2) is 0 Å². The first-order valence-corrected chi connectivity index (χ1v) is 8.51. The summed E-state index contributed by atoms with van der Waals surface area (Å²) in [6.07, 6.45) is 14.3. The number of nitrogens with two attached hydrogens (primary N) is 1. The van der Waals surface area contributed by atoms with Gasteiger partial charge in [-0.3, -0.25) is 11.3 Å². The fraction of sp³-hybridized carbons (Fsp3) is 1.00. The van der Waals surface area contributed by atoms with Crippen molar-refractivity contribution in [3.63, 3.8) is 0 Å². The first-order chi connectivity index (χ1) is 8.38. The van der Waals surface area contributed by atoms with Gasteiger partial charge in [-0.1, -0.05) is 44.9 Å². The van der Waals surface area contributed by atoms with Crippen LogP contribution in [0, 0.1) is 5.92 Å². The molecule has 0 bridgehead atoms. The number of hydrogen-bond acceptors (Lipinski definition) is 3. The van der Waals surface area contributed by atoms with E-state index in [-0.39, 0.29) is 0 Å². The molecule has 0 spiro atoms. The predicted molar refractivity (Wildman–Crippen MR) is 77.0 cm³/mol. The Morgan fingerprint density at radius 2 is 1.65 bits per heavy atom. The lowest BCUT2D eigenvalue weighted by molar-refractivity contribution is 0.308. The summed E-state index contributed by atoms with van der Waals surface area (Å²) in [7, 11) is 0. The third-order valence-electron chi connectivity index (χ3n) is 4.41. The van der Waals surface area contributed by atoms with Crippen molar-refractivity contribution in [1.29, 1.82) is 0 Å². The van der Waals surface area contributed by atoms with Gasteiger partial charge in [0, 0.05) is 17.0 Å². The van der Waals surface area contributed by atoms with Crippen LogP contribution >= 0.6 is 11.8 Å². The van der Waals surface area contributed by atoms with Gasteiger partial charge in [0.1, 0.15) is 0 Å². The Kier molecular flexibility index (Phi) is 6.16. The summed E-state index contributed by atoms with van der Waals surface area (Å²) in [6, 6.07) is 0.545. The number of nitrogens with one attached hydrogen (secondary N) is 1. The summed E-state index contributed by atoms with van der Waals surface area (Å²) in [5.74, 6) is 7.87. The van der Waals surface area contributed by atoms with Crippen LogP contribution in [0.4, 0.5) is 0 Å². The van der Waals surface area contributed by atoms with Crippen LogP contribution in [0.1, 0.15) is 64.2 Å². The molecule has 2 saturated carbocycles. The number of rotatable bonds is 6. The molecule has 0 heterocycles. The molecule has 2 aliphatic rings. The minimum atomic E-state index is 0.545. The lowest BCUT2D eigenvalue weighted by atomic mass is 9.85. The summed E-state index contributed by atoms with van der Waals surface area (Å²) in [5, 5.41) is 0.928. The summed E-state index contributed by atoms with van der Waals surface area (Å²) in [6.45, 7) is 0. The van der Waals surface area contributed by atoms with Crippen molar-refractivity contribution in [2.24, 2.45) is 11.8 Å². The highest BCUT2D eigenvalue weighted by atomic mass is 32.2. The van der Waals surface area contributed by atoms with Crippen LogP contribution < -0.4 is 11.3 Å². The maximum Gasteiger partial charge on any atom is 0.0303 e. The molecule has 2 fully saturated rings. The fourth-order valence-electron chi connectivity index (χ4n) is 3.32. The monoisotopic (exact) mass is 256 g/mol. The highest BCUT2D eigenvalue weighted by molar-refractivity contribution is 7.99. The molecule has 0 aromatic heterocycles. The van der Waals surface area contributed by atoms with Gasteiger partial charge in [-0.25, -0.2) is 0 Å². The van der Waals surface area contributed by atoms with E-state index in [1.807, 2.05) is 0 Å². The minimum Gasteiger partial charge on any atom is -0.271 e. The fourth-order valence-corrected chi connectivity index (χ4v) is 4.72. The van der Waals surface area contributed by atoms with Crippen molar-refractivity contribution < 1.29 is 0 Å². The van der Waals surface area contributed by atoms with Crippen molar-refractivity contribution in [3.05, 3.63) is 0 Å². The van der Waals surface area contributed by atoms with E-state index in [2.05, 4.69) is 17.2 Å². The van der Waals surface area contributed by atoms with Crippen molar-refractivity contribution >= 4 is 11.8 Å². The number of hydrazine groups is 1. The molecule has 2 nitrogen and oxygen atoms in total. The van der Waals surface area contributed by atoms with E-state index >= 15 is 0 Å². The van der Waals surface area contributed by atoms with Gasteiger partial charge < -0.3 is 0 Å². The minimum absolute atomic E-state index is 0.545. The average molecular weight is 256 g/mol. The molecule has 17 heavy (non-hydrogen) atoms. The van der Waals surface area contributed by atoms with E-state index in [0.29, 0.717) is 6.04 Å². The van der Waals surface area contributed by atoms with Gasteiger partial charge in [0.25, 0.3) is 0 Å². The lowest BCUT2D eigenvalue weighted by Gasteiger charge is -2.26. The molecule has 0 amide bonds. The molecule has 1 unspecified atom stereocenters. The van der Waals surface area contributed by atoms with E-state index in [0.717, 1.165) is 11.2 Å². The molecular formula is C14H28N2S. The van der Waals surface area contributed by atoms with Gasteiger partial charge in [-0.05, 0) is 25.2 Å². The smallest absolute Gasteiger partial charge is 0.0303 e. The average Bonchev–Trinajstić information content (AvgIpc) is 2.89. The largest absolute Gasteiger partial charge is 0.271 e. The molecule has 3 N–H and O–H groups in total. The van der Waals surface area contributed by atoms with Gasteiger partial charge in [0.15, 0.2) is 0 Å². The van der Waals surface area contributed by atoms with Crippen LogP contribution in [0.3, 0.4) is 0 Å². The summed E-state index contributed by atoms with van der Waals surface area (Å²) in [5.41, 5.74) is 3.05. The van der Waals surface area contributed by atoms with E-state index in [1.165, 1.54) is 70.0 Å². The second-order valence-corrected chi connectivity index (χ2v) is 7.18. The zero-order valence-corrected chi connectivity index (χ0v) is 11.8. The molecule has 0 saturated heterocycles. The second-order valence-electron chi connectivity index (χ2n) is 5.84. The van der Waals surface area contributed by atoms with Gasteiger partial charge in [0.2, 0.25) is 0 Å². The predicted octanol–water partition coefficient (Wildman–Crippen LogP) is 3.46. The van der Waals surface area contributed by atoms with E-state index in [9.17, 15) is 0 Å². The Morgan fingerprint density at radius 3 is 2.29 bits per heavy atom. The first kappa shape index (κ1) is 13.7. The van der Waals surface area contributed by atoms with Crippen molar-refractivity contribution in [2.45, 2.75) is 75.5 Å². The molecule has 0 aromatic rings. The Hall–Kier alpha value is 0.270. The normalized spacial score (nSPS) is 25.2. The molecule has 1 atom stereocenters. The maximum absolute atomic E-state index is 5.71. The summed E-state index contributed by atoms with van der Waals surface area (Å²) < 4.78 is 0. The molecular weight excluding hydrogens is 228 g/mol. The SMILES string of the molecule is NNC(CSC1CCCC1)CC1CCCCC1. The molecule has 100 valence electrons. The molecule has 2 rings (SSSR count). The van der Waals surface area contributed by atoms with Gasteiger partial charge in [0.05, 0.1) is 0 Å². The quantitative estimate of drug-likeness (QED) is 0.564. The van der Waals surface area contributed by atoms with Crippen molar-refractivity contribution in [1.82, 2.24) is 5.43 Å². The number of thioether (sulfide) groups is 1. The molecule has 0 radical (unpaired) electrons. The molecule has 3 heteroatoms. The molecule has 0 aliphatic heterocycles. The van der Waals surface area contributed by atoms with Crippen LogP contribution in [-0.4, -0.2) is 17.0 Å². The molecule has 2 aliphatic carbocycles. The van der Waals surface area contributed by atoms with Crippen molar-refractivity contribution in [2.75, 3.05) is 5.75 Å². The van der Waals surface area contributed by atoms with Gasteiger partial charge in [-0.2, -0.15) is 11.8 Å². The summed E-state index contributed by atoms with van der Waals surface area (Å²) in [4.78, 5) is 0. The maximum atomic E-state index is 5.71. The Labute approximate surface area is 110 Å². The van der Waals surface area contributed by atoms with Crippen LogP contribution in [0.2, 0.25) is 0 Å². The van der Waals surface area contributed by atoms with Crippen LogP contribution in [-0.2, 0) is 0 Å². The third-order valence-corrected chi connectivity index (χ3v) is 5.95. The van der Waals surface area contributed by atoms with Crippen LogP contribution in [0.25, 0.3) is 0 Å². The third kappa shape index (κ3) is 4.80. The van der Waals surface area contributed by atoms with E-state index in [4.69, 9.17) is 5.84 Å². The highest BCUT2D eigenvalue weighted by Gasteiger charge is 2.21. The second kappa shape index (κ2) is 7.65. The zero-order chi connectivity index (χ0) is 11.9. The molecule has 0 aromatic carbocycles. The Bertz CT molecular complexity index is 198. The Balaban J connectivity index is 1.64. The number of hydrogen-bond donors (Lipinski definition) is 2. The topological polar surface area (TPSA) is 38.0 Å². The Morgan fingerprint density at radius 1 is 1.00 bits per heavy atom. The van der Waals surface area contributed by atoms with Crippen molar-refractivity contribution in [3.8, 4) is 0 Å². The lowest BCUT2D eigenvalue weighted by Crippen LogP contribution is -2.39. The highest BCUT2D eigenvalue weighted by Crippen LogP contribution is 2.32. The zero-order valence-electron chi connectivity index (χ0n) is 11.0. The van der Waals surface area contributed by atoms with Gasteiger partial charge in [-0.15, -0.1) is 0 Å². The first-order valence-electron chi connectivity index (χ1n) is 7.46. The van der Waals surface area contributed by atoms with Crippen LogP contribution in [0.5, 0.6) is 0 Å². The van der Waals surface area contributed by atoms with E-state index in [1.54, 1.807) is 0 Å².